The number of ether oxygens (including phenoxy) is 1. The second-order valence-corrected chi connectivity index (χ2v) is 4.48. The molecule has 2 N–H and O–H groups in total. The molecule has 0 radical (unpaired) electrons. The number of hydrogen-bond acceptors (Lipinski definition) is 3. The Morgan fingerprint density at radius 3 is 3.00 bits per heavy atom. The first-order chi connectivity index (χ1) is 7.76. The van der Waals surface area contributed by atoms with Gasteiger partial charge in [0.15, 0.2) is 0 Å². The van der Waals surface area contributed by atoms with Gasteiger partial charge in [-0.2, -0.15) is 0 Å². The second kappa shape index (κ2) is 7.54. The zero-order valence-corrected chi connectivity index (χ0v) is 11.0. The highest BCUT2D eigenvalue weighted by molar-refractivity contribution is 9.10. The van der Waals surface area contributed by atoms with E-state index in [1.165, 1.54) is 5.57 Å². The van der Waals surface area contributed by atoms with Crippen LogP contribution in [0, 0.1) is 0 Å². The number of nitrogens with zero attached hydrogens (tertiary/aromatic N) is 1. The molecular formula is C12H17BrN2O. The van der Waals surface area contributed by atoms with Gasteiger partial charge in [0.25, 0.3) is 0 Å². The van der Waals surface area contributed by atoms with Gasteiger partial charge in [0, 0.05) is 24.0 Å². The molecule has 4 heteroatoms. The third-order valence-corrected chi connectivity index (χ3v) is 2.56. The SMILES string of the molecule is COC/C(=C/c1cncc(Br)c1)CCCN. The molecule has 1 rings (SSSR count). The molecule has 0 unspecified atom stereocenters. The molecule has 0 saturated carbocycles. The molecule has 0 aliphatic carbocycles. The maximum absolute atomic E-state index is 5.50. The predicted molar refractivity (Wildman–Crippen MR) is 70.1 cm³/mol. The number of pyridine rings is 1. The summed E-state index contributed by atoms with van der Waals surface area (Å²) in [6, 6.07) is 2.03. The van der Waals surface area contributed by atoms with Gasteiger partial charge in [-0.25, -0.2) is 0 Å². The van der Waals surface area contributed by atoms with E-state index in [9.17, 15) is 0 Å². The van der Waals surface area contributed by atoms with Crippen LogP contribution in [-0.2, 0) is 4.74 Å². The number of aromatic nitrogens is 1. The normalized spacial score (nSPS) is 11.8. The van der Waals surface area contributed by atoms with Crippen LogP contribution in [0.1, 0.15) is 18.4 Å². The van der Waals surface area contributed by atoms with E-state index in [2.05, 4.69) is 27.0 Å². The Hall–Kier alpha value is -0.710. The Balaban J connectivity index is 2.75. The first-order valence-electron chi connectivity index (χ1n) is 5.25. The summed E-state index contributed by atoms with van der Waals surface area (Å²) in [7, 11) is 1.70. The largest absolute Gasteiger partial charge is 0.380 e. The van der Waals surface area contributed by atoms with E-state index >= 15 is 0 Å². The lowest BCUT2D eigenvalue weighted by Gasteiger charge is -2.05. The summed E-state index contributed by atoms with van der Waals surface area (Å²) in [5, 5.41) is 0. The van der Waals surface area contributed by atoms with Crippen LogP contribution in [0.4, 0.5) is 0 Å². The van der Waals surface area contributed by atoms with E-state index in [1.807, 2.05) is 12.3 Å². The molecule has 0 amide bonds. The number of nitrogens with two attached hydrogens (primary N) is 1. The topological polar surface area (TPSA) is 48.1 Å². The van der Waals surface area contributed by atoms with E-state index < -0.39 is 0 Å². The minimum Gasteiger partial charge on any atom is -0.380 e. The smallest absolute Gasteiger partial charge is 0.0676 e. The Morgan fingerprint density at radius 1 is 1.56 bits per heavy atom. The molecule has 1 heterocycles. The van der Waals surface area contributed by atoms with Crippen molar-refractivity contribution in [3.8, 4) is 0 Å². The Kier molecular flexibility index (Phi) is 6.30. The molecule has 0 aliphatic rings. The molecule has 0 spiro atoms. The van der Waals surface area contributed by atoms with E-state index in [-0.39, 0.29) is 0 Å². The molecule has 0 bridgehead atoms. The molecule has 0 atom stereocenters. The van der Waals surface area contributed by atoms with Crippen LogP contribution >= 0.6 is 15.9 Å². The Labute approximate surface area is 105 Å². The number of halogens is 1. The monoisotopic (exact) mass is 284 g/mol. The van der Waals surface area contributed by atoms with Crippen molar-refractivity contribution in [3.63, 3.8) is 0 Å². The Morgan fingerprint density at radius 2 is 2.38 bits per heavy atom. The average Bonchev–Trinajstić information content (AvgIpc) is 2.26. The van der Waals surface area contributed by atoms with Crippen molar-refractivity contribution >= 4 is 22.0 Å². The third-order valence-electron chi connectivity index (χ3n) is 2.13. The van der Waals surface area contributed by atoms with Gasteiger partial charge in [-0.3, -0.25) is 4.98 Å². The lowest BCUT2D eigenvalue weighted by Crippen LogP contribution is -2.01. The van der Waals surface area contributed by atoms with Crippen molar-refractivity contribution < 1.29 is 4.74 Å². The summed E-state index contributed by atoms with van der Waals surface area (Å²) >= 11 is 3.40. The lowest BCUT2D eigenvalue weighted by molar-refractivity contribution is 0.223. The lowest BCUT2D eigenvalue weighted by atomic mass is 10.1. The van der Waals surface area contributed by atoms with Gasteiger partial charge in [0.05, 0.1) is 6.61 Å². The van der Waals surface area contributed by atoms with E-state index in [1.54, 1.807) is 13.3 Å². The molecule has 1 aromatic rings. The minimum absolute atomic E-state index is 0.645. The third kappa shape index (κ3) is 4.88. The zero-order valence-electron chi connectivity index (χ0n) is 9.45. The van der Waals surface area contributed by atoms with Crippen molar-refractivity contribution in [2.75, 3.05) is 20.3 Å². The number of rotatable bonds is 6. The summed E-state index contributed by atoms with van der Waals surface area (Å²) in [4.78, 5) is 4.12. The fraction of sp³-hybridized carbons (Fsp3) is 0.417. The van der Waals surface area contributed by atoms with Gasteiger partial charge < -0.3 is 10.5 Å². The molecule has 3 nitrogen and oxygen atoms in total. The van der Waals surface area contributed by atoms with Gasteiger partial charge in [-0.1, -0.05) is 6.08 Å². The van der Waals surface area contributed by atoms with Crippen LogP contribution in [0.25, 0.3) is 6.08 Å². The first-order valence-corrected chi connectivity index (χ1v) is 6.04. The molecule has 0 aromatic carbocycles. The van der Waals surface area contributed by atoms with E-state index in [0.717, 1.165) is 22.9 Å². The summed E-state index contributed by atoms with van der Waals surface area (Å²) < 4.78 is 6.15. The summed E-state index contributed by atoms with van der Waals surface area (Å²) in [6.45, 7) is 1.35. The van der Waals surface area contributed by atoms with Gasteiger partial charge in [0.1, 0.15) is 0 Å². The number of methoxy groups -OCH3 is 1. The second-order valence-electron chi connectivity index (χ2n) is 3.56. The molecule has 0 saturated heterocycles. The van der Waals surface area contributed by atoms with Crippen LogP contribution < -0.4 is 5.73 Å². The fourth-order valence-corrected chi connectivity index (χ4v) is 1.83. The van der Waals surface area contributed by atoms with Gasteiger partial charge >= 0.3 is 0 Å². The zero-order chi connectivity index (χ0) is 11.8. The molecule has 88 valence electrons. The van der Waals surface area contributed by atoms with E-state index in [4.69, 9.17) is 10.5 Å². The fourth-order valence-electron chi connectivity index (χ4n) is 1.44. The molecule has 1 aromatic heterocycles. The summed E-state index contributed by atoms with van der Waals surface area (Å²) in [6.07, 6.45) is 7.67. The molecule has 16 heavy (non-hydrogen) atoms. The predicted octanol–water partition coefficient (Wildman–Crippen LogP) is 2.61. The average molecular weight is 285 g/mol. The molecule has 0 fully saturated rings. The van der Waals surface area contributed by atoms with Gasteiger partial charge in [-0.05, 0) is 52.5 Å². The van der Waals surface area contributed by atoms with Crippen molar-refractivity contribution in [3.05, 3.63) is 34.1 Å². The standard InChI is InChI=1S/C12H17BrN2O/c1-16-9-10(3-2-4-14)5-11-6-12(13)8-15-7-11/h5-8H,2-4,9,14H2,1H3/b10-5+. The first kappa shape index (κ1) is 13.4. The molecular weight excluding hydrogens is 268 g/mol. The maximum atomic E-state index is 5.50. The highest BCUT2D eigenvalue weighted by Gasteiger charge is 1.98. The van der Waals surface area contributed by atoms with Crippen LogP contribution in [-0.4, -0.2) is 25.2 Å². The highest BCUT2D eigenvalue weighted by Crippen LogP contribution is 2.15. The highest BCUT2D eigenvalue weighted by atomic mass is 79.9. The van der Waals surface area contributed by atoms with Crippen LogP contribution in [0.3, 0.4) is 0 Å². The van der Waals surface area contributed by atoms with Crippen molar-refractivity contribution in [2.45, 2.75) is 12.8 Å². The van der Waals surface area contributed by atoms with Crippen LogP contribution in [0.2, 0.25) is 0 Å². The Bertz CT molecular complexity index is 353. The quantitative estimate of drug-likeness (QED) is 0.874. The van der Waals surface area contributed by atoms with Gasteiger partial charge in [-0.15, -0.1) is 0 Å². The van der Waals surface area contributed by atoms with Crippen molar-refractivity contribution in [1.82, 2.24) is 4.98 Å². The van der Waals surface area contributed by atoms with Crippen LogP contribution in [0.5, 0.6) is 0 Å². The van der Waals surface area contributed by atoms with Crippen molar-refractivity contribution in [2.24, 2.45) is 5.73 Å². The molecule has 0 aliphatic heterocycles. The summed E-state index contributed by atoms with van der Waals surface area (Å²) in [5.74, 6) is 0. The number of hydrogen-bond donors (Lipinski definition) is 1. The van der Waals surface area contributed by atoms with E-state index in [0.29, 0.717) is 13.2 Å². The minimum atomic E-state index is 0.645. The maximum Gasteiger partial charge on any atom is 0.0676 e. The summed E-state index contributed by atoms with van der Waals surface area (Å²) in [5.41, 5.74) is 7.83. The van der Waals surface area contributed by atoms with Gasteiger partial charge in [0.2, 0.25) is 0 Å². The van der Waals surface area contributed by atoms with Crippen molar-refractivity contribution in [1.29, 1.82) is 0 Å². The van der Waals surface area contributed by atoms with Crippen LogP contribution in [0.15, 0.2) is 28.5 Å².